The molecule has 0 aliphatic carbocycles. The first-order chi connectivity index (χ1) is 12.4. The zero-order valence-corrected chi connectivity index (χ0v) is 15.7. The van der Waals surface area contributed by atoms with Crippen LogP contribution in [0.15, 0.2) is 0 Å². The third kappa shape index (κ3) is 23.7. The van der Waals surface area contributed by atoms with Crippen molar-refractivity contribution in [3.63, 3.8) is 0 Å². The van der Waals surface area contributed by atoms with Gasteiger partial charge in [0.15, 0.2) is 0 Å². The molecule has 0 saturated heterocycles. The van der Waals surface area contributed by atoms with Crippen molar-refractivity contribution in [2.75, 3.05) is 79.3 Å². The van der Waals surface area contributed by atoms with Crippen molar-refractivity contribution < 1.29 is 33.9 Å². The third-order valence-corrected chi connectivity index (χ3v) is 3.37. The van der Waals surface area contributed by atoms with E-state index in [0.717, 1.165) is 65.0 Å². The Labute approximate surface area is 152 Å². The number of unbranched alkanes of at least 4 members (excludes halogenated alkanes) is 4. The van der Waals surface area contributed by atoms with E-state index in [1.807, 2.05) is 0 Å². The predicted molar refractivity (Wildman–Crippen MR) is 96.0 cm³/mol. The second-order valence-corrected chi connectivity index (χ2v) is 5.63. The molecule has 0 rings (SSSR count). The maximum atomic E-state index is 8.53. The summed E-state index contributed by atoms with van der Waals surface area (Å²) in [6.45, 7) is 6.33. The van der Waals surface area contributed by atoms with Crippen LogP contribution in [0.2, 0.25) is 0 Å². The Morgan fingerprint density at radius 1 is 0.320 bits per heavy atom. The van der Waals surface area contributed by atoms with Gasteiger partial charge in [0.1, 0.15) is 0 Å². The van der Waals surface area contributed by atoms with Crippen LogP contribution in [-0.4, -0.2) is 89.5 Å². The van der Waals surface area contributed by atoms with Crippen LogP contribution in [0, 0.1) is 0 Å². The average Bonchev–Trinajstić information content (AvgIpc) is 2.63. The van der Waals surface area contributed by atoms with Gasteiger partial charge in [0.25, 0.3) is 0 Å². The predicted octanol–water partition coefficient (Wildman–Crippen LogP) is 1.39. The summed E-state index contributed by atoms with van der Waals surface area (Å²) in [6, 6.07) is 0. The van der Waals surface area contributed by atoms with Crippen LogP contribution < -0.4 is 0 Å². The van der Waals surface area contributed by atoms with E-state index in [2.05, 4.69) is 0 Å². The van der Waals surface area contributed by atoms with E-state index in [0.29, 0.717) is 39.6 Å². The molecule has 2 N–H and O–H groups in total. The van der Waals surface area contributed by atoms with E-state index in [1.165, 1.54) is 0 Å². The van der Waals surface area contributed by atoms with Crippen molar-refractivity contribution in [1.29, 1.82) is 0 Å². The second kappa shape index (κ2) is 23.7. The van der Waals surface area contributed by atoms with E-state index in [4.69, 9.17) is 33.9 Å². The van der Waals surface area contributed by atoms with Crippen LogP contribution in [0.25, 0.3) is 0 Å². The molecule has 0 heterocycles. The molecule has 0 amide bonds. The summed E-state index contributed by atoms with van der Waals surface area (Å²) in [6.07, 6.45) is 6.46. The maximum Gasteiger partial charge on any atom is 0.0701 e. The Balaban J connectivity index is 2.94. The van der Waals surface area contributed by atoms with Gasteiger partial charge in [-0.3, -0.25) is 0 Å². The molecule has 0 aliphatic rings. The zero-order chi connectivity index (χ0) is 18.3. The van der Waals surface area contributed by atoms with Crippen molar-refractivity contribution in [2.45, 2.75) is 38.5 Å². The van der Waals surface area contributed by atoms with Crippen molar-refractivity contribution in [3.05, 3.63) is 0 Å². The second-order valence-electron chi connectivity index (χ2n) is 5.63. The van der Waals surface area contributed by atoms with Crippen LogP contribution in [-0.2, 0) is 23.7 Å². The number of hydrogen-bond donors (Lipinski definition) is 2. The van der Waals surface area contributed by atoms with Gasteiger partial charge in [0.05, 0.1) is 52.9 Å². The molecule has 0 radical (unpaired) electrons. The Morgan fingerprint density at radius 3 is 0.920 bits per heavy atom. The van der Waals surface area contributed by atoms with Gasteiger partial charge in [-0.1, -0.05) is 0 Å². The van der Waals surface area contributed by atoms with Crippen LogP contribution in [0.3, 0.4) is 0 Å². The number of hydrogen-bond acceptors (Lipinski definition) is 7. The first kappa shape index (κ1) is 24.7. The van der Waals surface area contributed by atoms with E-state index < -0.39 is 0 Å². The molecule has 0 bridgehead atoms. The minimum absolute atomic E-state index is 0.0648. The summed E-state index contributed by atoms with van der Waals surface area (Å²) < 4.78 is 26.6. The van der Waals surface area contributed by atoms with Gasteiger partial charge < -0.3 is 33.9 Å². The monoisotopic (exact) mass is 366 g/mol. The van der Waals surface area contributed by atoms with Crippen LogP contribution in [0.4, 0.5) is 0 Å². The molecule has 0 spiro atoms. The Hall–Kier alpha value is -0.280. The smallest absolute Gasteiger partial charge is 0.0701 e. The fraction of sp³-hybridized carbons (Fsp3) is 1.00. The lowest BCUT2D eigenvalue weighted by atomic mass is 10.2. The van der Waals surface area contributed by atoms with Gasteiger partial charge in [-0.2, -0.15) is 0 Å². The highest BCUT2D eigenvalue weighted by Gasteiger charge is 1.94. The fourth-order valence-electron chi connectivity index (χ4n) is 2.05. The molecule has 0 aliphatic heterocycles. The van der Waals surface area contributed by atoms with Gasteiger partial charge >= 0.3 is 0 Å². The average molecular weight is 366 g/mol. The lowest BCUT2D eigenvalue weighted by Crippen LogP contribution is -2.08. The summed E-state index contributed by atoms with van der Waals surface area (Å²) in [7, 11) is 0. The Morgan fingerprint density at radius 2 is 0.600 bits per heavy atom. The van der Waals surface area contributed by atoms with Gasteiger partial charge in [-0.15, -0.1) is 0 Å². The molecule has 0 aromatic rings. The normalized spacial score (nSPS) is 11.3. The largest absolute Gasteiger partial charge is 0.394 e. The van der Waals surface area contributed by atoms with Crippen LogP contribution in [0.1, 0.15) is 38.5 Å². The molecule has 25 heavy (non-hydrogen) atoms. The van der Waals surface area contributed by atoms with Crippen molar-refractivity contribution in [2.24, 2.45) is 0 Å². The molecule has 0 aromatic heterocycles. The van der Waals surface area contributed by atoms with Crippen molar-refractivity contribution >= 4 is 0 Å². The summed E-state index contributed by atoms with van der Waals surface area (Å²) in [5, 5.41) is 17.1. The number of rotatable bonds is 22. The first-order valence-corrected chi connectivity index (χ1v) is 9.52. The minimum atomic E-state index is 0.0648. The molecule has 7 heteroatoms. The first-order valence-electron chi connectivity index (χ1n) is 9.52. The van der Waals surface area contributed by atoms with E-state index >= 15 is 0 Å². The molecule has 0 saturated carbocycles. The van der Waals surface area contributed by atoms with Gasteiger partial charge in [0.2, 0.25) is 0 Å². The van der Waals surface area contributed by atoms with Gasteiger partial charge in [-0.25, -0.2) is 0 Å². The molecule has 152 valence electrons. The lowest BCUT2D eigenvalue weighted by molar-refractivity contribution is 0.0309. The molecule has 0 fully saturated rings. The number of ether oxygens (including phenoxy) is 5. The van der Waals surface area contributed by atoms with Crippen LogP contribution >= 0.6 is 0 Å². The quantitative estimate of drug-likeness (QED) is 0.280. The summed E-state index contributed by atoms with van der Waals surface area (Å²) in [5.74, 6) is 0. The standard InChI is InChI=1S/C18H38O7/c19-7-13-24-17-15-22-11-5-1-3-9-21-10-4-2-6-12-23-16-18-25-14-8-20/h19-20H,1-18H2. The van der Waals surface area contributed by atoms with E-state index in [-0.39, 0.29) is 13.2 Å². The molecule has 0 unspecified atom stereocenters. The van der Waals surface area contributed by atoms with Crippen LogP contribution in [0.5, 0.6) is 0 Å². The summed E-state index contributed by atoms with van der Waals surface area (Å²) in [5.41, 5.74) is 0. The number of aliphatic hydroxyl groups excluding tert-OH is 2. The minimum Gasteiger partial charge on any atom is -0.394 e. The Kier molecular flexibility index (Phi) is 23.5. The molecule has 7 nitrogen and oxygen atoms in total. The summed E-state index contributed by atoms with van der Waals surface area (Å²) in [4.78, 5) is 0. The maximum absolute atomic E-state index is 8.53. The SMILES string of the molecule is OCCOCCOCCCCCOCCCCCOCCOCCO. The van der Waals surface area contributed by atoms with Crippen molar-refractivity contribution in [1.82, 2.24) is 0 Å². The van der Waals surface area contributed by atoms with E-state index in [9.17, 15) is 0 Å². The zero-order valence-electron chi connectivity index (χ0n) is 15.7. The highest BCUT2D eigenvalue weighted by atomic mass is 16.5. The van der Waals surface area contributed by atoms with Gasteiger partial charge in [-0.05, 0) is 38.5 Å². The summed E-state index contributed by atoms with van der Waals surface area (Å²) >= 11 is 0. The molecule has 0 aromatic carbocycles. The third-order valence-electron chi connectivity index (χ3n) is 3.37. The highest BCUT2D eigenvalue weighted by molar-refractivity contribution is 4.44. The molecule has 0 atom stereocenters. The van der Waals surface area contributed by atoms with Crippen molar-refractivity contribution in [3.8, 4) is 0 Å². The molecular formula is C18H38O7. The lowest BCUT2D eigenvalue weighted by Gasteiger charge is -2.06. The molecular weight excluding hydrogens is 328 g/mol. The van der Waals surface area contributed by atoms with Gasteiger partial charge in [0, 0.05) is 26.4 Å². The highest BCUT2D eigenvalue weighted by Crippen LogP contribution is 2.00. The fourth-order valence-corrected chi connectivity index (χ4v) is 2.05. The Bertz CT molecular complexity index is 207. The topological polar surface area (TPSA) is 86.6 Å². The van der Waals surface area contributed by atoms with E-state index in [1.54, 1.807) is 0 Å². The number of aliphatic hydroxyl groups is 2.